The predicted octanol–water partition coefficient (Wildman–Crippen LogP) is 3.01. The van der Waals surface area contributed by atoms with E-state index in [1.54, 1.807) is 12.1 Å². The molecule has 0 bridgehead atoms. The van der Waals surface area contributed by atoms with Crippen LogP contribution in [0, 0.1) is 11.7 Å². The smallest absolute Gasteiger partial charge is 0.251 e. The van der Waals surface area contributed by atoms with Gasteiger partial charge in [-0.15, -0.1) is 0 Å². The second-order valence-electron chi connectivity index (χ2n) is 6.36. The van der Waals surface area contributed by atoms with Crippen LogP contribution in [0.15, 0.2) is 24.3 Å². The third-order valence-corrected chi connectivity index (χ3v) is 4.72. The molecule has 3 rings (SSSR count). The number of piperidine rings is 1. The summed E-state index contributed by atoms with van der Waals surface area (Å²) in [6.45, 7) is 2.92. The van der Waals surface area contributed by atoms with Gasteiger partial charge in [0.1, 0.15) is 17.7 Å². The number of likely N-dealkylation sites (tertiary alicyclic amines) is 1. The number of halogens is 1. The van der Waals surface area contributed by atoms with Crippen LogP contribution in [0.25, 0.3) is 0 Å². The first kappa shape index (κ1) is 16.2. The Kier molecular flexibility index (Phi) is 5.49. The second kappa shape index (κ2) is 7.77. The highest BCUT2D eigenvalue weighted by Gasteiger charge is 2.30. The molecule has 23 heavy (non-hydrogen) atoms. The van der Waals surface area contributed by atoms with E-state index >= 15 is 0 Å². The van der Waals surface area contributed by atoms with Crippen LogP contribution >= 0.6 is 0 Å². The highest BCUT2D eigenvalue weighted by molar-refractivity contribution is 5.81. The highest BCUT2D eigenvalue weighted by Crippen LogP contribution is 2.24. The maximum atomic E-state index is 13.1. The first-order valence-electron chi connectivity index (χ1n) is 8.51. The van der Waals surface area contributed by atoms with Gasteiger partial charge in [-0.2, -0.15) is 0 Å². The Morgan fingerprint density at radius 1 is 1.30 bits per heavy atom. The SMILES string of the molecule is O=C(C1CCCO1)N1CCC(CCOc2cccc(F)c2)CC1. The fourth-order valence-electron chi connectivity index (χ4n) is 3.32. The molecular formula is C18H24FNO3. The van der Waals surface area contributed by atoms with E-state index < -0.39 is 0 Å². The zero-order chi connectivity index (χ0) is 16.1. The van der Waals surface area contributed by atoms with Gasteiger partial charge >= 0.3 is 0 Å². The number of carbonyl (C=O) groups is 1. The minimum Gasteiger partial charge on any atom is -0.493 e. The Bertz CT molecular complexity index is 523. The molecule has 2 aliphatic rings. The first-order chi connectivity index (χ1) is 11.2. The van der Waals surface area contributed by atoms with E-state index in [9.17, 15) is 9.18 Å². The van der Waals surface area contributed by atoms with Gasteiger partial charge in [-0.25, -0.2) is 4.39 Å². The molecule has 1 unspecified atom stereocenters. The van der Waals surface area contributed by atoms with Crippen LogP contribution in [0.1, 0.15) is 32.1 Å². The van der Waals surface area contributed by atoms with Crippen molar-refractivity contribution in [3.8, 4) is 5.75 Å². The predicted molar refractivity (Wildman–Crippen MR) is 84.8 cm³/mol. The Labute approximate surface area is 136 Å². The first-order valence-corrected chi connectivity index (χ1v) is 8.51. The summed E-state index contributed by atoms with van der Waals surface area (Å²) in [6.07, 6.45) is 4.60. The molecule has 1 amide bonds. The van der Waals surface area contributed by atoms with Crippen molar-refractivity contribution in [2.45, 2.75) is 38.2 Å². The van der Waals surface area contributed by atoms with E-state index in [-0.39, 0.29) is 17.8 Å². The minimum atomic E-state index is -0.275. The van der Waals surface area contributed by atoms with Gasteiger partial charge in [-0.1, -0.05) is 6.07 Å². The molecule has 1 atom stereocenters. The quantitative estimate of drug-likeness (QED) is 0.837. The molecule has 4 nitrogen and oxygen atoms in total. The van der Waals surface area contributed by atoms with Crippen molar-refractivity contribution < 1.29 is 18.7 Å². The monoisotopic (exact) mass is 321 g/mol. The highest BCUT2D eigenvalue weighted by atomic mass is 19.1. The second-order valence-corrected chi connectivity index (χ2v) is 6.36. The summed E-state index contributed by atoms with van der Waals surface area (Å²) in [7, 11) is 0. The molecule has 0 aliphatic carbocycles. The van der Waals surface area contributed by atoms with Crippen molar-refractivity contribution >= 4 is 5.91 Å². The van der Waals surface area contributed by atoms with Gasteiger partial charge in [0.25, 0.3) is 5.91 Å². The summed E-state index contributed by atoms with van der Waals surface area (Å²) in [5, 5.41) is 0. The lowest BCUT2D eigenvalue weighted by Gasteiger charge is -2.33. The average molecular weight is 321 g/mol. The number of carbonyl (C=O) groups excluding carboxylic acids is 1. The van der Waals surface area contributed by atoms with E-state index in [0.29, 0.717) is 24.9 Å². The zero-order valence-electron chi connectivity index (χ0n) is 13.4. The molecule has 2 saturated heterocycles. The lowest BCUT2D eigenvalue weighted by atomic mass is 9.93. The average Bonchev–Trinajstić information content (AvgIpc) is 3.09. The van der Waals surface area contributed by atoms with Crippen molar-refractivity contribution in [3.05, 3.63) is 30.1 Å². The molecule has 5 heteroatoms. The number of ether oxygens (including phenoxy) is 2. The number of nitrogens with zero attached hydrogens (tertiary/aromatic N) is 1. The van der Waals surface area contributed by atoms with Crippen molar-refractivity contribution in [3.63, 3.8) is 0 Å². The normalized spacial score (nSPS) is 22.3. The summed E-state index contributed by atoms with van der Waals surface area (Å²) in [6, 6.07) is 6.24. The largest absolute Gasteiger partial charge is 0.493 e. The van der Waals surface area contributed by atoms with Crippen LogP contribution in [-0.4, -0.2) is 43.2 Å². The summed E-state index contributed by atoms with van der Waals surface area (Å²) in [5.41, 5.74) is 0. The Morgan fingerprint density at radius 3 is 2.83 bits per heavy atom. The van der Waals surface area contributed by atoms with Gasteiger partial charge in [0.05, 0.1) is 6.61 Å². The third-order valence-electron chi connectivity index (χ3n) is 4.72. The number of hydrogen-bond acceptors (Lipinski definition) is 3. The van der Waals surface area contributed by atoms with Crippen molar-refractivity contribution in [2.24, 2.45) is 5.92 Å². The Morgan fingerprint density at radius 2 is 2.13 bits per heavy atom. The molecule has 1 aromatic carbocycles. The van der Waals surface area contributed by atoms with Gasteiger partial charge in [-0.05, 0) is 50.2 Å². The summed E-state index contributed by atoms with van der Waals surface area (Å²) >= 11 is 0. The lowest BCUT2D eigenvalue weighted by Crippen LogP contribution is -2.43. The van der Waals surface area contributed by atoms with Gasteiger partial charge in [0, 0.05) is 25.8 Å². The fraction of sp³-hybridized carbons (Fsp3) is 0.611. The molecule has 2 fully saturated rings. The van der Waals surface area contributed by atoms with E-state index in [1.807, 2.05) is 4.90 Å². The summed E-state index contributed by atoms with van der Waals surface area (Å²) < 4.78 is 24.1. The van der Waals surface area contributed by atoms with Crippen molar-refractivity contribution in [1.82, 2.24) is 4.90 Å². The molecule has 0 spiro atoms. The molecular weight excluding hydrogens is 297 g/mol. The number of rotatable bonds is 5. The van der Waals surface area contributed by atoms with Gasteiger partial charge in [0.15, 0.2) is 0 Å². The van der Waals surface area contributed by atoms with Gasteiger partial charge < -0.3 is 14.4 Å². The molecule has 1 aromatic rings. The fourth-order valence-corrected chi connectivity index (χ4v) is 3.32. The zero-order valence-corrected chi connectivity index (χ0v) is 13.4. The molecule has 0 radical (unpaired) electrons. The van der Waals surface area contributed by atoms with Gasteiger partial charge in [0.2, 0.25) is 0 Å². The van der Waals surface area contributed by atoms with E-state index in [1.165, 1.54) is 12.1 Å². The van der Waals surface area contributed by atoms with E-state index in [2.05, 4.69) is 0 Å². The minimum absolute atomic E-state index is 0.164. The third kappa shape index (κ3) is 4.44. The van der Waals surface area contributed by atoms with Crippen molar-refractivity contribution in [1.29, 1.82) is 0 Å². The van der Waals surface area contributed by atoms with Crippen LogP contribution in [0.3, 0.4) is 0 Å². The molecule has 0 N–H and O–H groups in total. The molecule has 0 saturated carbocycles. The summed E-state index contributed by atoms with van der Waals surface area (Å²) in [5.74, 6) is 1.04. The topological polar surface area (TPSA) is 38.8 Å². The lowest BCUT2D eigenvalue weighted by molar-refractivity contribution is -0.142. The standard InChI is InChI=1S/C18H24FNO3/c19-15-3-1-4-16(13-15)22-12-8-14-6-9-20(10-7-14)18(21)17-5-2-11-23-17/h1,3-4,13-14,17H,2,5-12H2. The molecule has 126 valence electrons. The molecule has 2 heterocycles. The van der Waals surface area contributed by atoms with Crippen LogP contribution in [0.4, 0.5) is 4.39 Å². The number of hydrogen-bond donors (Lipinski definition) is 0. The maximum Gasteiger partial charge on any atom is 0.251 e. The van der Waals surface area contributed by atoms with Crippen molar-refractivity contribution in [2.75, 3.05) is 26.3 Å². The van der Waals surface area contributed by atoms with Crippen LogP contribution < -0.4 is 4.74 Å². The number of amides is 1. The molecule has 0 aromatic heterocycles. The number of benzene rings is 1. The van der Waals surface area contributed by atoms with E-state index in [4.69, 9.17) is 9.47 Å². The van der Waals surface area contributed by atoms with Crippen LogP contribution in [-0.2, 0) is 9.53 Å². The summed E-state index contributed by atoms with van der Waals surface area (Å²) in [4.78, 5) is 14.2. The van der Waals surface area contributed by atoms with E-state index in [0.717, 1.165) is 45.2 Å². The van der Waals surface area contributed by atoms with Crippen LogP contribution in [0.5, 0.6) is 5.75 Å². The Balaban J connectivity index is 1.36. The maximum absolute atomic E-state index is 13.1. The molecule has 2 aliphatic heterocycles. The van der Waals surface area contributed by atoms with Gasteiger partial charge in [-0.3, -0.25) is 4.79 Å². The van der Waals surface area contributed by atoms with Crippen LogP contribution in [0.2, 0.25) is 0 Å². The Hall–Kier alpha value is -1.62.